The molecule has 1 rings (SSSR count). The zero-order chi connectivity index (χ0) is 11.3. The molecule has 0 spiro atoms. The molecule has 6 N–H and O–H groups in total. The van der Waals surface area contributed by atoms with Crippen LogP contribution in [0.1, 0.15) is 5.56 Å². The van der Waals surface area contributed by atoms with Crippen LogP contribution in [-0.2, 0) is 0 Å². The largest absolute Gasteiger partial charge is 0.507 e. The first-order valence-electron chi connectivity index (χ1n) is 4.54. The normalized spacial score (nSPS) is 12.6. The van der Waals surface area contributed by atoms with E-state index in [0.29, 0.717) is 17.1 Å². The summed E-state index contributed by atoms with van der Waals surface area (Å²) in [5, 5.41) is 12.3. The van der Waals surface area contributed by atoms with Gasteiger partial charge in [-0.3, -0.25) is 0 Å². The van der Waals surface area contributed by atoms with Crippen molar-refractivity contribution >= 4 is 5.70 Å². The molecule has 1 aromatic carbocycles. The van der Waals surface area contributed by atoms with Gasteiger partial charge in [-0.15, -0.1) is 0 Å². The van der Waals surface area contributed by atoms with Crippen molar-refractivity contribution in [2.24, 2.45) is 11.5 Å². The highest BCUT2D eigenvalue weighted by atomic mass is 16.3. The van der Waals surface area contributed by atoms with Gasteiger partial charge in [0, 0.05) is 18.3 Å². The SMILES string of the molecule is CN/C(N)=C/C=C(\N)c1ccccc1O. The first-order chi connectivity index (χ1) is 7.15. The van der Waals surface area contributed by atoms with E-state index in [9.17, 15) is 5.11 Å². The number of benzene rings is 1. The molecule has 0 aliphatic carbocycles. The van der Waals surface area contributed by atoms with Gasteiger partial charge in [-0.05, 0) is 24.3 Å². The van der Waals surface area contributed by atoms with Crippen LogP contribution in [0.15, 0.2) is 42.2 Å². The quantitative estimate of drug-likeness (QED) is 0.548. The second kappa shape index (κ2) is 4.95. The van der Waals surface area contributed by atoms with Gasteiger partial charge >= 0.3 is 0 Å². The Morgan fingerprint density at radius 3 is 2.53 bits per heavy atom. The molecule has 0 saturated heterocycles. The molecule has 0 atom stereocenters. The highest BCUT2D eigenvalue weighted by Crippen LogP contribution is 2.20. The summed E-state index contributed by atoms with van der Waals surface area (Å²) in [6.45, 7) is 0. The van der Waals surface area contributed by atoms with Gasteiger partial charge in [-0.25, -0.2) is 0 Å². The maximum Gasteiger partial charge on any atom is 0.124 e. The summed E-state index contributed by atoms with van der Waals surface area (Å²) >= 11 is 0. The molecule has 0 bridgehead atoms. The van der Waals surface area contributed by atoms with Crippen LogP contribution < -0.4 is 16.8 Å². The molecule has 0 heterocycles. The second-order valence-corrected chi connectivity index (χ2v) is 3.01. The van der Waals surface area contributed by atoms with Crippen LogP contribution in [0.25, 0.3) is 5.70 Å². The number of phenols is 1. The average molecular weight is 205 g/mol. The number of hydrogen-bond donors (Lipinski definition) is 4. The standard InChI is InChI=1S/C11H15N3O/c1-14-11(13)7-6-9(12)8-4-2-3-5-10(8)15/h2-7,14-15H,12-13H2,1H3/b9-6-,11-7+. The van der Waals surface area contributed by atoms with Crippen LogP contribution in [0.3, 0.4) is 0 Å². The molecule has 1 aromatic rings. The molecular formula is C11H15N3O. The minimum Gasteiger partial charge on any atom is -0.507 e. The van der Waals surface area contributed by atoms with E-state index in [1.54, 1.807) is 43.5 Å². The zero-order valence-electron chi connectivity index (χ0n) is 8.57. The maximum absolute atomic E-state index is 9.51. The van der Waals surface area contributed by atoms with Crippen molar-refractivity contribution in [3.05, 3.63) is 47.8 Å². The molecule has 80 valence electrons. The molecule has 4 heteroatoms. The number of aromatic hydroxyl groups is 1. The van der Waals surface area contributed by atoms with Crippen LogP contribution in [0, 0.1) is 0 Å². The zero-order valence-corrected chi connectivity index (χ0v) is 8.57. The summed E-state index contributed by atoms with van der Waals surface area (Å²) in [7, 11) is 1.72. The Balaban J connectivity index is 2.95. The number of allylic oxidation sites excluding steroid dienone is 2. The Bertz CT molecular complexity index is 397. The lowest BCUT2D eigenvalue weighted by Gasteiger charge is -2.03. The molecule has 0 amide bonds. The number of hydrogen-bond acceptors (Lipinski definition) is 4. The number of para-hydroxylation sites is 1. The highest BCUT2D eigenvalue weighted by Gasteiger charge is 2.00. The van der Waals surface area contributed by atoms with Crippen molar-refractivity contribution in [3.8, 4) is 5.75 Å². The summed E-state index contributed by atoms with van der Waals surface area (Å²) in [6.07, 6.45) is 3.28. The van der Waals surface area contributed by atoms with Crippen molar-refractivity contribution in [1.82, 2.24) is 5.32 Å². The predicted molar refractivity (Wildman–Crippen MR) is 61.6 cm³/mol. The Morgan fingerprint density at radius 2 is 1.93 bits per heavy atom. The van der Waals surface area contributed by atoms with Gasteiger partial charge in [0.05, 0.1) is 5.82 Å². The third-order valence-corrected chi connectivity index (χ3v) is 1.95. The van der Waals surface area contributed by atoms with Gasteiger partial charge in [-0.2, -0.15) is 0 Å². The molecule has 0 unspecified atom stereocenters. The van der Waals surface area contributed by atoms with Gasteiger partial charge in [0.15, 0.2) is 0 Å². The van der Waals surface area contributed by atoms with E-state index >= 15 is 0 Å². The molecule has 0 radical (unpaired) electrons. The van der Waals surface area contributed by atoms with Gasteiger partial charge in [0.2, 0.25) is 0 Å². The van der Waals surface area contributed by atoms with Crippen molar-refractivity contribution < 1.29 is 5.11 Å². The van der Waals surface area contributed by atoms with Crippen molar-refractivity contribution in [2.45, 2.75) is 0 Å². The van der Waals surface area contributed by atoms with E-state index in [4.69, 9.17) is 11.5 Å². The second-order valence-electron chi connectivity index (χ2n) is 3.01. The Labute approximate surface area is 88.9 Å². The van der Waals surface area contributed by atoms with Crippen molar-refractivity contribution in [2.75, 3.05) is 7.05 Å². The molecular weight excluding hydrogens is 190 g/mol. The van der Waals surface area contributed by atoms with Gasteiger partial charge in [0.25, 0.3) is 0 Å². The minimum atomic E-state index is 0.155. The van der Waals surface area contributed by atoms with E-state index in [0.717, 1.165) is 0 Å². The molecule has 15 heavy (non-hydrogen) atoms. The predicted octanol–water partition coefficient (Wildman–Crippen LogP) is 0.711. The highest BCUT2D eigenvalue weighted by molar-refractivity contribution is 5.68. The molecule has 0 saturated carbocycles. The molecule has 4 nitrogen and oxygen atoms in total. The van der Waals surface area contributed by atoms with Crippen LogP contribution in [0.4, 0.5) is 0 Å². The van der Waals surface area contributed by atoms with E-state index < -0.39 is 0 Å². The topological polar surface area (TPSA) is 84.3 Å². The van der Waals surface area contributed by atoms with Crippen LogP contribution in [-0.4, -0.2) is 12.2 Å². The van der Waals surface area contributed by atoms with E-state index in [1.807, 2.05) is 0 Å². The monoisotopic (exact) mass is 205 g/mol. The molecule has 0 aliphatic rings. The third kappa shape index (κ3) is 2.95. The van der Waals surface area contributed by atoms with E-state index in [-0.39, 0.29) is 5.75 Å². The maximum atomic E-state index is 9.51. The van der Waals surface area contributed by atoms with Gasteiger partial charge in [-0.1, -0.05) is 12.1 Å². The summed E-state index contributed by atoms with van der Waals surface area (Å²) in [5.74, 6) is 0.663. The molecule has 0 aromatic heterocycles. The Hall–Kier alpha value is -2.10. The lowest BCUT2D eigenvalue weighted by molar-refractivity contribution is 0.473. The smallest absolute Gasteiger partial charge is 0.124 e. The fourth-order valence-electron chi connectivity index (χ4n) is 1.07. The van der Waals surface area contributed by atoms with E-state index in [1.165, 1.54) is 0 Å². The van der Waals surface area contributed by atoms with Crippen LogP contribution >= 0.6 is 0 Å². The summed E-state index contributed by atoms with van der Waals surface area (Å²) in [5.41, 5.74) is 12.4. The van der Waals surface area contributed by atoms with Crippen molar-refractivity contribution in [3.63, 3.8) is 0 Å². The lowest BCUT2D eigenvalue weighted by atomic mass is 10.1. The fraction of sp³-hybridized carbons (Fsp3) is 0.0909. The number of rotatable bonds is 3. The Kier molecular flexibility index (Phi) is 3.62. The van der Waals surface area contributed by atoms with Gasteiger partial charge in [0.1, 0.15) is 5.75 Å². The summed E-state index contributed by atoms with van der Waals surface area (Å²) < 4.78 is 0. The van der Waals surface area contributed by atoms with Crippen LogP contribution in [0.5, 0.6) is 5.75 Å². The van der Waals surface area contributed by atoms with Crippen LogP contribution in [0.2, 0.25) is 0 Å². The van der Waals surface area contributed by atoms with E-state index in [2.05, 4.69) is 5.32 Å². The van der Waals surface area contributed by atoms with Gasteiger partial charge < -0.3 is 21.9 Å². The third-order valence-electron chi connectivity index (χ3n) is 1.95. The fourth-order valence-corrected chi connectivity index (χ4v) is 1.07. The molecule has 0 aliphatic heterocycles. The molecule has 0 fully saturated rings. The Morgan fingerprint density at radius 1 is 1.27 bits per heavy atom. The average Bonchev–Trinajstić information content (AvgIpc) is 2.26. The number of nitrogens with two attached hydrogens (primary N) is 2. The number of phenolic OH excluding ortho intramolecular Hbond substituents is 1. The first kappa shape index (κ1) is 11.0. The van der Waals surface area contributed by atoms with Crippen molar-refractivity contribution in [1.29, 1.82) is 0 Å². The minimum absolute atomic E-state index is 0.155. The summed E-state index contributed by atoms with van der Waals surface area (Å²) in [6, 6.07) is 6.87. The lowest BCUT2D eigenvalue weighted by Crippen LogP contribution is -2.13. The first-order valence-corrected chi connectivity index (χ1v) is 4.54. The summed E-state index contributed by atoms with van der Waals surface area (Å²) in [4.78, 5) is 0. The number of nitrogens with one attached hydrogen (secondary N) is 1.